The lowest BCUT2D eigenvalue weighted by atomic mass is 11.2. The quantitative estimate of drug-likeness (QED) is 0.518. The van der Waals surface area contributed by atoms with Crippen molar-refractivity contribution in [1.29, 1.82) is 0 Å². The number of thioether (sulfide) groups is 1. The first-order chi connectivity index (χ1) is 6.74. The van der Waals surface area contributed by atoms with Gasteiger partial charge in [0.25, 0.3) is 0 Å². The lowest BCUT2D eigenvalue weighted by molar-refractivity contribution is 0.705. The Morgan fingerprint density at radius 3 is 2.36 bits per heavy atom. The van der Waals surface area contributed by atoms with Gasteiger partial charge in [0, 0.05) is 7.05 Å². The summed E-state index contributed by atoms with van der Waals surface area (Å²) in [6.45, 7) is 0. The first kappa shape index (κ1) is 10.8. The summed E-state index contributed by atoms with van der Waals surface area (Å²) in [5, 5.41) is 23.1. The monoisotopic (exact) mass is 232 g/mol. The van der Waals surface area contributed by atoms with E-state index in [1.807, 2.05) is 6.26 Å². The number of aryl methyl sites for hydroxylation is 1. The van der Waals surface area contributed by atoms with Crippen molar-refractivity contribution in [3.8, 4) is 0 Å². The molecule has 0 bridgehead atoms. The van der Waals surface area contributed by atoms with E-state index in [-0.39, 0.29) is 0 Å². The van der Waals surface area contributed by atoms with E-state index in [0.717, 1.165) is 0 Å². The van der Waals surface area contributed by atoms with Crippen LogP contribution in [0.5, 0.6) is 0 Å². The molecule has 0 saturated heterocycles. The zero-order valence-electron chi connectivity index (χ0n) is 7.50. The summed E-state index contributed by atoms with van der Waals surface area (Å²) in [5.74, 6) is 0. The van der Waals surface area contributed by atoms with Gasteiger partial charge in [0.15, 0.2) is 0 Å². The van der Waals surface area contributed by atoms with Gasteiger partial charge in [-0.25, -0.2) is 4.68 Å². The Bertz CT molecular complexity index is 401. The Kier molecular flexibility index (Phi) is 4.19. The van der Waals surface area contributed by atoms with Crippen molar-refractivity contribution in [3.63, 3.8) is 0 Å². The topological polar surface area (TPSA) is 101 Å². The average Bonchev–Trinajstić information content (AvgIpc) is 2.80. The number of aromatic amines is 2. The molecule has 0 saturated carbocycles. The Balaban J connectivity index is 0.000000140. The van der Waals surface area contributed by atoms with Crippen LogP contribution in [-0.4, -0.2) is 47.1 Å². The van der Waals surface area contributed by atoms with Crippen molar-refractivity contribution in [2.24, 2.45) is 7.05 Å². The van der Waals surface area contributed by atoms with Gasteiger partial charge in [0.1, 0.15) is 0 Å². The minimum absolute atomic E-state index is 0.472. The molecule has 0 aliphatic rings. The van der Waals surface area contributed by atoms with Crippen molar-refractivity contribution < 1.29 is 0 Å². The fourth-order valence-corrected chi connectivity index (χ4v) is 0.817. The Hall–Kier alpha value is -1.29. The number of nitrogens with one attached hydrogen (secondary N) is 2. The summed E-state index contributed by atoms with van der Waals surface area (Å²) >= 11 is 6.10. The number of hydrogen-bond acceptors (Lipinski definition) is 7. The van der Waals surface area contributed by atoms with Crippen LogP contribution >= 0.6 is 24.0 Å². The Morgan fingerprint density at radius 2 is 2.14 bits per heavy atom. The molecule has 0 spiro atoms. The molecule has 2 rings (SSSR count). The third-order valence-electron chi connectivity index (χ3n) is 1.13. The van der Waals surface area contributed by atoms with E-state index in [2.05, 4.69) is 48.4 Å². The van der Waals surface area contributed by atoms with E-state index in [1.165, 1.54) is 11.8 Å². The molecule has 2 aromatic rings. The van der Waals surface area contributed by atoms with E-state index in [9.17, 15) is 0 Å². The standard InChI is InChI=1S/2C2H4N4S/c1-6-2(7)3-4-5-6;1-7-2-3-5-6-4-2/h1H3,(H,3,5,7);1H3,(H,3,4,5,6). The molecule has 0 aliphatic heterocycles. The van der Waals surface area contributed by atoms with Crippen molar-refractivity contribution in [3.05, 3.63) is 4.77 Å². The number of rotatable bonds is 1. The third-order valence-corrected chi connectivity index (χ3v) is 2.02. The van der Waals surface area contributed by atoms with Gasteiger partial charge in [-0.2, -0.15) is 10.4 Å². The maximum atomic E-state index is 4.64. The lowest BCUT2D eigenvalue weighted by Gasteiger charge is -1.77. The molecule has 0 fully saturated rings. The second-order valence-corrected chi connectivity index (χ2v) is 3.18. The molecular formula is C4H8N8S2. The molecule has 10 heteroatoms. The van der Waals surface area contributed by atoms with E-state index in [1.54, 1.807) is 11.7 Å². The minimum Gasteiger partial charge on any atom is -0.246 e. The smallest absolute Gasteiger partial charge is 0.237 e. The number of nitrogens with zero attached hydrogens (tertiary/aromatic N) is 6. The van der Waals surface area contributed by atoms with Crippen LogP contribution in [0, 0.1) is 4.77 Å². The summed E-state index contributed by atoms with van der Waals surface area (Å²) in [6.07, 6.45) is 1.89. The second-order valence-electron chi connectivity index (χ2n) is 2.04. The van der Waals surface area contributed by atoms with Gasteiger partial charge in [0.2, 0.25) is 9.93 Å². The predicted molar refractivity (Wildman–Crippen MR) is 52.1 cm³/mol. The number of H-pyrrole nitrogens is 2. The van der Waals surface area contributed by atoms with Crippen LogP contribution in [0.1, 0.15) is 0 Å². The normalized spacial score (nSPS) is 9.29. The first-order valence-corrected chi connectivity index (χ1v) is 5.09. The molecule has 2 N–H and O–H groups in total. The van der Waals surface area contributed by atoms with Crippen LogP contribution in [0.15, 0.2) is 5.16 Å². The second kappa shape index (κ2) is 5.44. The van der Waals surface area contributed by atoms with Crippen LogP contribution in [-0.2, 0) is 7.05 Å². The molecule has 76 valence electrons. The van der Waals surface area contributed by atoms with Crippen LogP contribution in [0.25, 0.3) is 0 Å². The van der Waals surface area contributed by atoms with E-state index < -0.39 is 0 Å². The number of hydrogen-bond donors (Lipinski definition) is 2. The number of aromatic nitrogens is 8. The predicted octanol–water partition coefficient (Wildman–Crippen LogP) is -0.206. The fourth-order valence-electron chi connectivity index (χ4n) is 0.481. The molecule has 8 nitrogen and oxygen atoms in total. The summed E-state index contributed by atoms with van der Waals surface area (Å²) < 4.78 is 2.02. The van der Waals surface area contributed by atoms with Gasteiger partial charge in [-0.05, 0) is 23.7 Å². The summed E-state index contributed by atoms with van der Waals surface area (Å²) in [5.41, 5.74) is 0. The summed E-state index contributed by atoms with van der Waals surface area (Å²) in [4.78, 5) is 0. The molecule has 0 atom stereocenters. The lowest BCUT2D eigenvalue weighted by Crippen LogP contribution is -1.88. The van der Waals surface area contributed by atoms with Crippen molar-refractivity contribution in [2.75, 3.05) is 6.26 Å². The highest BCUT2D eigenvalue weighted by Gasteiger charge is 1.88. The van der Waals surface area contributed by atoms with Crippen LogP contribution in [0.2, 0.25) is 0 Å². The first-order valence-electron chi connectivity index (χ1n) is 3.45. The van der Waals surface area contributed by atoms with Gasteiger partial charge in [-0.3, -0.25) is 0 Å². The van der Waals surface area contributed by atoms with E-state index in [0.29, 0.717) is 9.93 Å². The zero-order valence-corrected chi connectivity index (χ0v) is 9.13. The molecule has 0 amide bonds. The highest BCUT2D eigenvalue weighted by Crippen LogP contribution is 2.01. The van der Waals surface area contributed by atoms with E-state index in [4.69, 9.17) is 0 Å². The largest absolute Gasteiger partial charge is 0.246 e. The highest BCUT2D eigenvalue weighted by atomic mass is 32.2. The molecule has 0 radical (unpaired) electrons. The van der Waals surface area contributed by atoms with Crippen molar-refractivity contribution in [2.45, 2.75) is 5.16 Å². The Morgan fingerprint density at radius 1 is 1.36 bits per heavy atom. The van der Waals surface area contributed by atoms with Crippen LogP contribution < -0.4 is 0 Å². The third kappa shape index (κ3) is 3.22. The molecule has 0 unspecified atom stereocenters. The van der Waals surface area contributed by atoms with E-state index >= 15 is 0 Å². The fraction of sp³-hybridized carbons (Fsp3) is 0.500. The summed E-state index contributed by atoms with van der Waals surface area (Å²) in [6, 6.07) is 0. The average molecular weight is 232 g/mol. The SMILES string of the molecule is CSc1nn[nH]n1.Cn1[nH]nnc1=S. The van der Waals surface area contributed by atoms with Crippen LogP contribution in [0.3, 0.4) is 0 Å². The van der Waals surface area contributed by atoms with Gasteiger partial charge in [0.05, 0.1) is 0 Å². The molecule has 2 heterocycles. The number of tetrazole rings is 2. The Labute approximate surface area is 88.5 Å². The molecule has 0 aromatic carbocycles. The van der Waals surface area contributed by atoms with Crippen LogP contribution in [0.4, 0.5) is 0 Å². The maximum Gasteiger partial charge on any atom is 0.237 e. The molecule has 14 heavy (non-hydrogen) atoms. The molecular weight excluding hydrogens is 224 g/mol. The summed E-state index contributed by atoms with van der Waals surface area (Å²) in [7, 11) is 1.75. The van der Waals surface area contributed by atoms with Gasteiger partial charge in [-0.1, -0.05) is 22.1 Å². The maximum absolute atomic E-state index is 4.64. The molecule has 0 aliphatic carbocycles. The highest BCUT2D eigenvalue weighted by molar-refractivity contribution is 7.98. The molecule has 2 aromatic heterocycles. The van der Waals surface area contributed by atoms with Gasteiger partial charge >= 0.3 is 0 Å². The zero-order chi connectivity index (χ0) is 10.4. The van der Waals surface area contributed by atoms with Gasteiger partial charge < -0.3 is 0 Å². The van der Waals surface area contributed by atoms with Crippen molar-refractivity contribution >= 4 is 24.0 Å². The van der Waals surface area contributed by atoms with Crippen molar-refractivity contribution in [1.82, 2.24) is 40.8 Å². The van der Waals surface area contributed by atoms with Gasteiger partial charge in [-0.15, -0.1) is 10.2 Å². The minimum atomic E-state index is 0.472.